The second kappa shape index (κ2) is 8.91. The van der Waals surface area contributed by atoms with Crippen molar-refractivity contribution in [3.63, 3.8) is 0 Å². The van der Waals surface area contributed by atoms with Gasteiger partial charge in [0.15, 0.2) is 0 Å². The highest BCUT2D eigenvalue weighted by Crippen LogP contribution is 2.19. The molecule has 5 nitrogen and oxygen atoms in total. The standard InChI is InChI=1S/C16H21ClN4O.ClH/c1-11-15(16(22)19-9-5-8-18)12(2)21(20-11)10-13-6-3-4-7-14(13)17;/h3-4,6-7H,5,8-10,18H2,1-2H3,(H,19,22);1H. The van der Waals surface area contributed by atoms with E-state index in [0.717, 1.165) is 23.4 Å². The normalized spacial score (nSPS) is 10.3. The first kappa shape index (κ1) is 19.5. The number of hydrogen-bond acceptors (Lipinski definition) is 3. The summed E-state index contributed by atoms with van der Waals surface area (Å²) in [4.78, 5) is 12.3. The Morgan fingerprint density at radius 2 is 2.04 bits per heavy atom. The van der Waals surface area contributed by atoms with Crippen LogP contribution in [-0.2, 0) is 6.54 Å². The van der Waals surface area contributed by atoms with E-state index in [0.29, 0.717) is 30.2 Å². The molecule has 2 aromatic rings. The van der Waals surface area contributed by atoms with Crippen molar-refractivity contribution in [3.05, 3.63) is 51.8 Å². The molecule has 23 heavy (non-hydrogen) atoms. The predicted octanol–water partition coefficient (Wildman–Crippen LogP) is 2.70. The molecule has 1 aromatic heterocycles. The fraction of sp³-hybridized carbons (Fsp3) is 0.375. The number of benzene rings is 1. The van der Waals surface area contributed by atoms with Crippen molar-refractivity contribution >= 4 is 29.9 Å². The summed E-state index contributed by atoms with van der Waals surface area (Å²) in [6, 6.07) is 7.64. The van der Waals surface area contributed by atoms with Crippen LogP contribution in [-0.4, -0.2) is 28.8 Å². The van der Waals surface area contributed by atoms with E-state index in [1.165, 1.54) is 0 Å². The lowest BCUT2D eigenvalue weighted by Gasteiger charge is -2.08. The van der Waals surface area contributed by atoms with Crippen molar-refractivity contribution in [1.82, 2.24) is 15.1 Å². The summed E-state index contributed by atoms with van der Waals surface area (Å²) in [5.41, 5.74) is 8.60. The Bertz CT molecular complexity index is 670. The summed E-state index contributed by atoms with van der Waals surface area (Å²) in [5, 5.41) is 8.04. The molecule has 1 heterocycles. The molecular formula is C16H22Cl2N4O. The van der Waals surface area contributed by atoms with Gasteiger partial charge in [0.2, 0.25) is 0 Å². The number of aromatic nitrogens is 2. The Kier molecular flexibility index (Phi) is 7.55. The van der Waals surface area contributed by atoms with Crippen molar-refractivity contribution in [2.75, 3.05) is 13.1 Å². The van der Waals surface area contributed by atoms with E-state index < -0.39 is 0 Å². The zero-order valence-corrected chi connectivity index (χ0v) is 14.9. The SMILES string of the molecule is Cc1nn(Cc2ccccc2Cl)c(C)c1C(=O)NCCCN.Cl. The van der Waals surface area contributed by atoms with Crippen molar-refractivity contribution < 1.29 is 4.79 Å². The number of nitrogens with zero attached hydrogens (tertiary/aromatic N) is 2. The number of rotatable bonds is 6. The number of hydrogen-bond donors (Lipinski definition) is 2. The van der Waals surface area contributed by atoms with E-state index in [4.69, 9.17) is 17.3 Å². The van der Waals surface area contributed by atoms with Crippen LogP contribution in [0, 0.1) is 13.8 Å². The van der Waals surface area contributed by atoms with Gasteiger partial charge < -0.3 is 11.1 Å². The van der Waals surface area contributed by atoms with E-state index in [1.54, 1.807) is 0 Å². The van der Waals surface area contributed by atoms with Gasteiger partial charge in [-0.2, -0.15) is 5.10 Å². The maximum Gasteiger partial charge on any atom is 0.255 e. The summed E-state index contributed by atoms with van der Waals surface area (Å²) in [6.07, 6.45) is 0.762. The number of carbonyl (C=O) groups is 1. The maximum atomic E-state index is 12.3. The largest absolute Gasteiger partial charge is 0.352 e. The van der Waals surface area contributed by atoms with Gasteiger partial charge in [-0.3, -0.25) is 9.48 Å². The quantitative estimate of drug-likeness (QED) is 0.781. The molecule has 3 N–H and O–H groups in total. The number of nitrogens with two attached hydrogens (primary N) is 1. The molecule has 2 rings (SSSR count). The molecule has 0 radical (unpaired) electrons. The van der Waals surface area contributed by atoms with Gasteiger partial charge in [-0.05, 0) is 38.4 Å². The molecule has 0 aliphatic rings. The summed E-state index contributed by atoms with van der Waals surface area (Å²) < 4.78 is 1.81. The lowest BCUT2D eigenvalue weighted by atomic mass is 10.1. The molecule has 0 spiro atoms. The van der Waals surface area contributed by atoms with Crippen LogP contribution in [0.25, 0.3) is 0 Å². The Hall–Kier alpha value is -1.56. The fourth-order valence-corrected chi connectivity index (χ4v) is 2.56. The average Bonchev–Trinajstić information content (AvgIpc) is 2.76. The van der Waals surface area contributed by atoms with Gasteiger partial charge in [-0.15, -0.1) is 12.4 Å². The Labute approximate surface area is 147 Å². The van der Waals surface area contributed by atoms with Crippen LogP contribution in [0.5, 0.6) is 0 Å². The third-order valence-electron chi connectivity index (χ3n) is 3.55. The zero-order valence-electron chi connectivity index (χ0n) is 13.3. The van der Waals surface area contributed by atoms with Gasteiger partial charge in [-0.1, -0.05) is 29.8 Å². The van der Waals surface area contributed by atoms with Crippen LogP contribution in [0.1, 0.15) is 33.7 Å². The van der Waals surface area contributed by atoms with Crippen molar-refractivity contribution in [1.29, 1.82) is 0 Å². The number of halogens is 2. The van der Waals surface area contributed by atoms with Crippen LogP contribution in [0.3, 0.4) is 0 Å². The van der Waals surface area contributed by atoms with E-state index in [1.807, 2.05) is 42.8 Å². The van der Waals surface area contributed by atoms with Gasteiger partial charge in [-0.25, -0.2) is 0 Å². The lowest BCUT2D eigenvalue weighted by molar-refractivity contribution is 0.0952. The summed E-state index contributed by atoms with van der Waals surface area (Å²) in [5.74, 6) is -0.103. The van der Waals surface area contributed by atoms with Gasteiger partial charge in [0.25, 0.3) is 5.91 Å². The number of nitrogens with one attached hydrogen (secondary N) is 1. The topological polar surface area (TPSA) is 72.9 Å². The molecule has 1 aromatic carbocycles. The smallest absolute Gasteiger partial charge is 0.255 e. The molecule has 7 heteroatoms. The second-order valence-corrected chi connectivity index (χ2v) is 5.60. The summed E-state index contributed by atoms with van der Waals surface area (Å²) in [6.45, 7) is 5.42. The molecule has 0 atom stereocenters. The highest BCUT2D eigenvalue weighted by molar-refractivity contribution is 6.31. The predicted molar refractivity (Wildman–Crippen MR) is 95.5 cm³/mol. The molecule has 0 aliphatic heterocycles. The third-order valence-corrected chi connectivity index (χ3v) is 3.92. The molecule has 1 amide bonds. The Morgan fingerprint density at radius 3 is 2.70 bits per heavy atom. The van der Waals surface area contributed by atoms with Crippen LogP contribution >= 0.6 is 24.0 Å². The average molecular weight is 357 g/mol. The maximum absolute atomic E-state index is 12.3. The second-order valence-electron chi connectivity index (χ2n) is 5.19. The molecule has 0 saturated heterocycles. The van der Waals surface area contributed by atoms with E-state index >= 15 is 0 Å². The minimum Gasteiger partial charge on any atom is -0.352 e. The van der Waals surface area contributed by atoms with Crippen molar-refractivity contribution in [2.45, 2.75) is 26.8 Å². The molecule has 0 saturated carbocycles. The molecule has 0 unspecified atom stereocenters. The van der Waals surface area contributed by atoms with Gasteiger partial charge in [0, 0.05) is 17.3 Å². The van der Waals surface area contributed by atoms with Gasteiger partial charge in [0.05, 0.1) is 17.8 Å². The first-order valence-electron chi connectivity index (χ1n) is 7.30. The van der Waals surface area contributed by atoms with Gasteiger partial charge in [0.1, 0.15) is 0 Å². The molecule has 0 bridgehead atoms. The van der Waals surface area contributed by atoms with Crippen LogP contribution in [0.15, 0.2) is 24.3 Å². The number of aryl methyl sites for hydroxylation is 1. The number of carbonyl (C=O) groups excluding carboxylic acids is 1. The zero-order chi connectivity index (χ0) is 16.1. The van der Waals surface area contributed by atoms with Crippen molar-refractivity contribution in [3.8, 4) is 0 Å². The number of amides is 1. The van der Waals surface area contributed by atoms with Crippen LogP contribution in [0.2, 0.25) is 5.02 Å². The Morgan fingerprint density at radius 1 is 1.35 bits per heavy atom. The van der Waals surface area contributed by atoms with Crippen LogP contribution in [0.4, 0.5) is 0 Å². The first-order chi connectivity index (χ1) is 10.5. The summed E-state index contributed by atoms with van der Waals surface area (Å²) >= 11 is 6.19. The molecule has 0 fully saturated rings. The monoisotopic (exact) mass is 356 g/mol. The third kappa shape index (κ3) is 4.70. The van der Waals surface area contributed by atoms with E-state index in [2.05, 4.69) is 10.4 Å². The van der Waals surface area contributed by atoms with Crippen molar-refractivity contribution in [2.24, 2.45) is 5.73 Å². The molecule has 126 valence electrons. The van der Waals surface area contributed by atoms with Crippen LogP contribution < -0.4 is 11.1 Å². The van der Waals surface area contributed by atoms with E-state index in [9.17, 15) is 4.79 Å². The Balaban J connectivity index is 0.00000264. The fourth-order valence-electron chi connectivity index (χ4n) is 2.36. The molecular weight excluding hydrogens is 335 g/mol. The highest BCUT2D eigenvalue weighted by atomic mass is 35.5. The minimum atomic E-state index is -0.103. The summed E-state index contributed by atoms with van der Waals surface area (Å²) in [7, 11) is 0. The lowest BCUT2D eigenvalue weighted by Crippen LogP contribution is -2.27. The highest BCUT2D eigenvalue weighted by Gasteiger charge is 2.18. The molecule has 0 aliphatic carbocycles. The first-order valence-corrected chi connectivity index (χ1v) is 7.68. The van der Waals surface area contributed by atoms with E-state index in [-0.39, 0.29) is 18.3 Å². The van der Waals surface area contributed by atoms with Gasteiger partial charge >= 0.3 is 0 Å². The minimum absolute atomic E-state index is 0.